The molecule has 2 rings (SSSR count). The van der Waals surface area contributed by atoms with E-state index in [1.807, 2.05) is 0 Å². The molecular weight excluding hydrogens is 304 g/mol. The molecule has 92 valence electrons. The first kappa shape index (κ1) is 12.4. The van der Waals surface area contributed by atoms with Crippen LogP contribution in [-0.2, 0) is 0 Å². The molecule has 0 amide bonds. The monoisotopic (exact) mass is 310 g/mol. The molecular formula is C10H7BrN4O3. The third-order valence-electron chi connectivity index (χ3n) is 2.25. The molecule has 0 N–H and O–H groups in total. The van der Waals surface area contributed by atoms with Crippen LogP contribution in [-0.4, -0.2) is 26.2 Å². The molecule has 0 atom stereocenters. The second kappa shape index (κ2) is 4.65. The summed E-state index contributed by atoms with van der Waals surface area (Å²) in [4.78, 5) is 21.1. The van der Waals surface area contributed by atoms with Gasteiger partial charge in [0.15, 0.2) is 12.0 Å². The maximum atomic E-state index is 11.0. The third-order valence-corrected chi connectivity index (χ3v) is 2.85. The summed E-state index contributed by atoms with van der Waals surface area (Å²) < 4.78 is 1.71. The fourth-order valence-corrected chi connectivity index (χ4v) is 2.27. The quantitative estimate of drug-likeness (QED) is 0.491. The molecule has 0 aliphatic rings. The van der Waals surface area contributed by atoms with Crippen molar-refractivity contribution in [2.24, 2.45) is 0 Å². The van der Waals surface area contributed by atoms with Crippen LogP contribution in [0.15, 0.2) is 22.8 Å². The minimum atomic E-state index is -0.505. The Morgan fingerprint density at radius 3 is 2.78 bits per heavy atom. The molecule has 1 aromatic heterocycles. The number of hydrogen-bond donors (Lipinski definition) is 0. The molecule has 0 spiro atoms. The van der Waals surface area contributed by atoms with Crippen molar-refractivity contribution in [3.63, 3.8) is 0 Å². The predicted octanol–water partition coefficient (Wildman–Crippen LogP) is 2.06. The Morgan fingerprint density at radius 1 is 1.50 bits per heavy atom. The maximum Gasteiger partial charge on any atom is 0.296 e. The summed E-state index contributed by atoms with van der Waals surface area (Å²) in [6, 6.07) is 3.16. The highest BCUT2D eigenvalue weighted by molar-refractivity contribution is 9.10. The van der Waals surface area contributed by atoms with Crippen LogP contribution >= 0.6 is 15.9 Å². The highest BCUT2D eigenvalue weighted by atomic mass is 79.9. The second-order valence-electron chi connectivity index (χ2n) is 3.58. The van der Waals surface area contributed by atoms with Gasteiger partial charge in [-0.1, -0.05) is 5.21 Å². The topological polar surface area (TPSA) is 90.9 Å². The van der Waals surface area contributed by atoms with Gasteiger partial charge in [0.05, 0.1) is 15.6 Å². The van der Waals surface area contributed by atoms with Gasteiger partial charge in [-0.15, -0.1) is 5.10 Å². The normalized spacial score (nSPS) is 10.3. The van der Waals surface area contributed by atoms with Gasteiger partial charge in [-0.05, 0) is 34.5 Å². The van der Waals surface area contributed by atoms with Gasteiger partial charge < -0.3 is 0 Å². The van der Waals surface area contributed by atoms with Crippen LogP contribution in [0.1, 0.15) is 16.1 Å². The lowest BCUT2D eigenvalue weighted by Gasteiger charge is -2.05. The van der Waals surface area contributed by atoms with Crippen molar-refractivity contribution >= 4 is 27.9 Å². The number of nitro groups is 1. The summed E-state index contributed by atoms with van der Waals surface area (Å²) in [5.74, 6) is 0. The molecule has 0 fully saturated rings. The number of aldehydes is 1. The zero-order chi connectivity index (χ0) is 13.3. The van der Waals surface area contributed by atoms with E-state index < -0.39 is 4.92 Å². The van der Waals surface area contributed by atoms with Crippen molar-refractivity contribution in [1.82, 2.24) is 15.0 Å². The van der Waals surface area contributed by atoms with Crippen molar-refractivity contribution in [1.29, 1.82) is 0 Å². The number of halogens is 1. The number of aryl methyl sites for hydroxylation is 1. The first-order valence-electron chi connectivity index (χ1n) is 4.85. The molecule has 2 aromatic rings. The van der Waals surface area contributed by atoms with E-state index in [4.69, 9.17) is 0 Å². The van der Waals surface area contributed by atoms with Gasteiger partial charge in [-0.25, -0.2) is 4.68 Å². The number of nitro benzene ring substituents is 1. The highest BCUT2D eigenvalue weighted by Gasteiger charge is 2.20. The molecule has 0 unspecified atom stereocenters. The molecule has 0 saturated heterocycles. The Morgan fingerprint density at radius 2 is 2.22 bits per heavy atom. The average molecular weight is 311 g/mol. The van der Waals surface area contributed by atoms with Crippen molar-refractivity contribution in [3.8, 4) is 5.69 Å². The smallest absolute Gasteiger partial charge is 0.296 e. The Balaban J connectivity index is 2.69. The fraction of sp³-hybridized carbons (Fsp3) is 0.100. The molecule has 0 saturated carbocycles. The maximum absolute atomic E-state index is 11.0. The zero-order valence-electron chi connectivity index (χ0n) is 9.20. The molecule has 0 aliphatic heterocycles. The van der Waals surface area contributed by atoms with Crippen LogP contribution in [0.2, 0.25) is 0 Å². The number of rotatable bonds is 3. The summed E-state index contributed by atoms with van der Waals surface area (Å²) >= 11 is 3.25. The molecule has 18 heavy (non-hydrogen) atoms. The van der Waals surface area contributed by atoms with Gasteiger partial charge in [0, 0.05) is 6.07 Å². The van der Waals surface area contributed by atoms with Crippen LogP contribution < -0.4 is 0 Å². The molecule has 1 heterocycles. The molecule has 8 heteroatoms. The third kappa shape index (κ3) is 2.14. The van der Waals surface area contributed by atoms with E-state index >= 15 is 0 Å². The van der Waals surface area contributed by atoms with Crippen LogP contribution in [0.25, 0.3) is 5.69 Å². The number of carbonyl (C=O) groups is 1. The van der Waals surface area contributed by atoms with E-state index in [1.165, 1.54) is 16.9 Å². The minimum Gasteiger partial charge on any atom is -0.296 e. The molecule has 7 nitrogen and oxygen atoms in total. The van der Waals surface area contributed by atoms with Gasteiger partial charge in [-0.2, -0.15) is 0 Å². The summed E-state index contributed by atoms with van der Waals surface area (Å²) in [7, 11) is 0. The summed E-state index contributed by atoms with van der Waals surface area (Å²) in [6.07, 6.45) is 1.85. The van der Waals surface area contributed by atoms with Crippen molar-refractivity contribution in [3.05, 3.63) is 44.2 Å². The fourth-order valence-electron chi connectivity index (χ4n) is 1.52. The lowest BCUT2D eigenvalue weighted by molar-refractivity contribution is -0.384. The molecule has 0 radical (unpaired) electrons. The number of nitrogens with zero attached hydrogens (tertiary/aromatic N) is 4. The van der Waals surface area contributed by atoms with E-state index in [-0.39, 0.29) is 17.1 Å². The molecule has 0 bridgehead atoms. The lowest BCUT2D eigenvalue weighted by Crippen LogP contribution is -2.02. The van der Waals surface area contributed by atoms with Crippen LogP contribution in [0.5, 0.6) is 0 Å². The van der Waals surface area contributed by atoms with Crippen molar-refractivity contribution < 1.29 is 9.72 Å². The molecule has 1 aromatic carbocycles. The second-order valence-corrected chi connectivity index (χ2v) is 4.43. The van der Waals surface area contributed by atoms with Gasteiger partial charge in [0.25, 0.3) is 5.69 Å². The van der Waals surface area contributed by atoms with Crippen LogP contribution in [0, 0.1) is 17.0 Å². The number of carbonyl (C=O) groups excluding carboxylic acids is 1. The summed E-state index contributed by atoms with van der Waals surface area (Å²) in [5, 5.41) is 18.3. The Labute approximate surface area is 110 Å². The van der Waals surface area contributed by atoms with Crippen molar-refractivity contribution in [2.45, 2.75) is 6.92 Å². The van der Waals surface area contributed by atoms with Crippen LogP contribution in [0.3, 0.4) is 0 Å². The first-order valence-corrected chi connectivity index (χ1v) is 5.64. The van der Waals surface area contributed by atoms with Gasteiger partial charge in [-0.3, -0.25) is 14.9 Å². The van der Waals surface area contributed by atoms with E-state index in [9.17, 15) is 14.9 Å². The van der Waals surface area contributed by atoms with E-state index in [0.29, 0.717) is 10.8 Å². The van der Waals surface area contributed by atoms with Gasteiger partial charge >= 0.3 is 0 Å². The van der Waals surface area contributed by atoms with Crippen molar-refractivity contribution in [2.75, 3.05) is 0 Å². The average Bonchev–Trinajstić information content (AvgIpc) is 2.76. The Bertz CT molecular complexity index is 638. The minimum absolute atomic E-state index is 0.107. The highest BCUT2D eigenvalue weighted by Crippen LogP contribution is 2.31. The Hall–Kier alpha value is -2.09. The largest absolute Gasteiger partial charge is 0.296 e. The van der Waals surface area contributed by atoms with Crippen LogP contribution in [0.4, 0.5) is 5.69 Å². The van der Waals surface area contributed by atoms with Gasteiger partial charge in [0.2, 0.25) is 0 Å². The van der Waals surface area contributed by atoms with E-state index in [0.717, 1.165) is 5.56 Å². The first-order chi connectivity index (χ1) is 8.52. The summed E-state index contributed by atoms with van der Waals surface area (Å²) in [5.41, 5.74) is 0.986. The zero-order valence-corrected chi connectivity index (χ0v) is 10.8. The van der Waals surface area contributed by atoms with Gasteiger partial charge in [0.1, 0.15) is 5.69 Å². The standard InChI is InChI=1S/C10H7BrN4O3/c1-6-2-8(11)10(9(3-6)15(17)18)14-4-7(5-16)12-13-14/h2-5H,1H3. The molecule has 0 aliphatic carbocycles. The number of aromatic nitrogens is 3. The summed E-state index contributed by atoms with van der Waals surface area (Å²) in [6.45, 7) is 1.75. The Kier molecular flexibility index (Phi) is 3.19. The number of benzene rings is 1. The van der Waals surface area contributed by atoms with E-state index in [2.05, 4.69) is 26.2 Å². The number of hydrogen-bond acceptors (Lipinski definition) is 5. The lowest BCUT2D eigenvalue weighted by atomic mass is 10.2. The predicted molar refractivity (Wildman–Crippen MR) is 65.8 cm³/mol. The van der Waals surface area contributed by atoms with E-state index in [1.54, 1.807) is 13.0 Å². The SMILES string of the molecule is Cc1cc(Br)c(-n2cc(C=O)nn2)c([N+](=O)[O-])c1.